The second-order valence-electron chi connectivity index (χ2n) is 10.8. The van der Waals surface area contributed by atoms with Crippen LogP contribution in [0.1, 0.15) is 18.2 Å². The first kappa shape index (κ1) is 25.9. The minimum absolute atomic E-state index is 0.0195. The lowest BCUT2D eigenvalue weighted by Crippen LogP contribution is -2.44. The number of morpholine rings is 1. The molecular weight excluding hydrogens is 538 g/mol. The zero-order valence-electron chi connectivity index (χ0n) is 23.0. The molecule has 5 aromatic rings. The van der Waals surface area contributed by atoms with Crippen LogP contribution in [0.3, 0.4) is 0 Å². The van der Waals surface area contributed by atoms with E-state index in [1.54, 1.807) is 12.3 Å². The summed E-state index contributed by atoms with van der Waals surface area (Å²) in [5.74, 6) is 2.56. The van der Waals surface area contributed by atoms with Gasteiger partial charge < -0.3 is 19.4 Å². The van der Waals surface area contributed by atoms with Crippen LogP contribution in [0.25, 0.3) is 27.2 Å². The van der Waals surface area contributed by atoms with Gasteiger partial charge in [0.25, 0.3) is 0 Å². The molecule has 1 aromatic carbocycles. The summed E-state index contributed by atoms with van der Waals surface area (Å²) in [4.78, 5) is 26.4. The highest BCUT2D eigenvalue weighted by atomic mass is 32.1. The molecule has 7 rings (SSSR count). The number of aryl methyl sites for hydroxylation is 1. The second-order valence-corrected chi connectivity index (χ2v) is 11.7. The van der Waals surface area contributed by atoms with Crippen molar-refractivity contribution in [1.29, 1.82) is 0 Å². The monoisotopic (exact) mass is 569 g/mol. The van der Waals surface area contributed by atoms with Gasteiger partial charge in [0.1, 0.15) is 4.70 Å². The summed E-state index contributed by atoms with van der Waals surface area (Å²) in [6.45, 7) is 10.2. The van der Waals surface area contributed by atoms with Crippen molar-refractivity contribution in [3.63, 3.8) is 0 Å². The van der Waals surface area contributed by atoms with Crippen molar-refractivity contribution in [2.45, 2.75) is 20.4 Å². The molecule has 0 amide bonds. The number of aromatic nitrogens is 4. The maximum Gasteiger partial charge on any atom is 0.229 e. The number of anilines is 3. The van der Waals surface area contributed by atoms with Gasteiger partial charge in [-0.05, 0) is 30.5 Å². The number of likely N-dealkylation sites (tertiary alicyclic amines) is 1. The third-order valence-electron chi connectivity index (χ3n) is 7.62. The third kappa shape index (κ3) is 5.23. The minimum Gasteiger partial charge on any atom is -0.439 e. The smallest absolute Gasteiger partial charge is 0.229 e. The van der Waals surface area contributed by atoms with Crippen LogP contribution < -0.4 is 15.6 Å². The maximum absolute atomic E-state index is 12.8. The SMILES string of the molecule is Cc1nn(-c2ccnc(Nc3ccc(-c4csc5c(=O)cc(N6CCOCC6)oc45)cc3)n2)cc1CN1CC(C)C1. The molecule has 0 saturated carbocycles. The summed E-state index contributed by atoms with van der Waals surface area (Å²) in [6, 6.07) is 11.4. The molecule has 0 atom stereocenters. The Bertz CT molecular complexity index is 1750. The molecule has 2 aliphatic heterocycles. The highest BCUT2D eigenvalue weighted by Crippen LogP contribution is 2.35. The molecule has 2 aliphatic rings. The summed E-state index contributed by atoms with van der Waals surface area (Å²) in [7, 11) is 0. The molecule has 41 heavy (non-hydrogen) atoms. The van der Waals surface area contributed by atoms with Gasteiger partial charge in [-0.3, -0.25) is 9.69 Å². The van der Waals surface area contributed by atoms with Gasteiger partial charge in [-0.15, -0.1) is 11.3 Å². The van der Waals surface area contributed by atoms with Gasteiger partial charge in [-0.2, -0.15) is 10.1 Å². The number of hydrogen-bond donors (Lipinski definition) is 1. The predicted molar refractivity (Wildman–Crippen MR) is 160 cm³/mol. The van der Waals surface area contributed by atoms with E-state index in [0.717, 1.165) is 48.1 Å². The number of fused-ring (bicyclic) bond motifs is 1. The molecular formula is C30H31N7O3S. The third-order valence-corrected chi connectivity index (χ3v) is 8.59. The van der Waals surface area contributed by atoms with Gasteiger partial charge in [0.15, 0.2) is 17.3 Å². The molecule has 1 N–H and O–H groups in total. The Balaban J connectivity index is 1.09. The van der Waals surface area contributed by atoms with Crippen LogP contribution in [-0.4, -0.2) is 64.0 Å². The van der Waals surface area contributed by atoms with Crippen molar-refractivity contribution in [1.82, 2.24) is 24.6 Å². The van der Waals surface area contributed by atoms with Crippen molar-refractivity contribution in [3.8, 4) is 16.9 Å². The van der Waals surface area contributed by atoms with Gasteiger partial charge in [-0.25, -0.2) is 9.67 Å². The van der Waals surface area contributed by atoms with Crippen LogP contribution in [0.4, 0.5) is 17.5 Å². The molecule has 0 spiro atoms. The zero-order valence-corrected chi connectivity index (χ0v) is 23.9. The lowest BCUT2D eigenvalue weighted by atomic mass is 10.0. The number of hydrogen-bond acceptors (Lipinski definition) is 10. The number of nitrogens with zero attached hydrogens (tertiary/aromatic N) is 6. The van der Waals surface area contributed by atoms with Gasteiger partial charge in [0, 0.05) is 79.4 Å². The fraction of sp³-hybridized carbons (Fsp3) is 0.333. The largest absolute Gasteiger partial charge is 0.439 e. The van der Waals surface area contributed by atoms with E-state index >= 15 is 0 Å². The molecule has 0 bridgehead atoms. The van der Waals surface area contributed by atoms with E-state index < -0.39 is 0 Å². The Labute approximate surface area is 241 Å². The molecule has 4 aromatic heterocycles. The average Bonchev–Trinajstić information content (AvgIpc) is 3.57. The zero-order chi connectivity index (χ0) is 27.9. The minimum atomic E-state index is -0.0195. The Morgan fingerprint density at radius 2 is 1.93 bits per heavy atom. The van der Waals surface area contributed by atoms with Crippen LogP contribution in [-0.2, 0) is 11.3 Å². The van der Waals surface area contributed by atoms with Crippen LogP contribution >= 0.6 is 11.3 Å². The molecule has 6 heterocycles. The van der Waals surface area contributed by atoms with Gasteiger partial charge in [0.05, 0.1) is 18.9 Å². The van der Waals surface area contributed by atoms with Crippen LogP contribution in [0.2, 0.25) is 0 Å². The molecule has 11 heteroatoms. The number of rotatable bonds is 7. The van der Waals surface area contributed by atoms with Gasteiger partial charge >= 0.3 is 0 Å². The van der Waals surface area contributed by atoms with Crippen molar-refractivity contribution < 1.29 is 9.15 Å². The highest BCUT2D eigenvalue weighted by Gasteiger charge is 2.24. The lowest BCUT2D eigenvalue weighted by molar-refractivity contribution is 0.104. The molecule has 210 valence electrons. The number of nitrogens with one attached hydrogen (secondary N) is 1. The first-order valence-electron chi connectivity index (χ1n) is 13.9. The van der Waals surface area contributed by atoms with E-state index in [1.807, 2.05) is 47.3 Å². The normalized spacial score (nSPS) is 16.3. The van der Waals surface area contributed by atoms with E-state index in [0.29, 0.717) is 54.2 Å². The topological polar surface area (TPSA) is 102 Å². The highest BCUT2D eigenvalue weighted by molar-refractivity contribution is 7.17. The number of benzene rings is 1. The van der Waals surface area contributed by atoms with E-state index in [9.17, 15) is 4.79 Å². The Morgan fingerprint density at radius 3 is 2.71 bits per heavy atom. The standard InChI is InChI=1S/C30H31N7O3S/c1-19-14-35(15-19)16-22-17-37(34-20(22)2)26-7-8-31-30(33-26)32-23-5-3-21(4-6-23)24-18-41-29-25(38)13-27(40-28(24)29)36-9-11-39-12-10-36/h3-8,13,17-19H,9-12,14-16H2,1-2H3,(H,31,32,33). The molecule has 0 radical (unpaired) electrons. The number of ether oxygens (including phenoxy) is 1. The van der Waals surface area contributed by atoms with Crippen LogP contribution in [0, 0.1) is 12.8 Å². The van der Waals surface area contributed by atoms with Crippen LogP contribution in [0.15, 0.2) is 63.4 Å². The van der Waals surface area contributed by atoms with Crippen molar-refractivity contribution >= 4 is 39.1 Å². The Morgan fingerprint density at radius 1 is 1.12 bits per heavy atom. The lowest BCUT2D eigenvalue weighted by Gasteiger charge is -2.36. The quantitative estimate of drug-likeness (QED) is 0.295. The van der Waals surface area contributed by atoms with Crippen LogP contribution in [0.5, 0.6) is 0 Å². The number of thiophene rings is 1. The molecule has 2 fully saturated rings. The summed E-state index contributed by atoms with van der Waals surface area (Å²) in [6.07, 6.45) is 3.80. The average molecular weight is 570 g/mol. The van der Waals surface area contributed by atoms with Crippen molar-refractivity contribution in [2.24, 2.45) is 5.92 Å². The predicted octanol–water partition coefficient (Wildman–Crippen LogP) is 4.84. The first-order valence-corrected chi connectivity index (χ1v) is 14.7. The second kappa shape index (κ2) is 10.7. The Kier molecular flexibility index (Phi) is 6.77. The fourth-order valence-corrected chi connectivity index (χ4v) is 6.35. The first-order chi connectivity index (χ1) is 20.0. The molecule has 0 aliphatic carbocycles. The summed E-state index contributed by atoms with van der Waals surface area (Å²) >= 11 is 1.41. The summed E-state index contributed by atoms with van der Waals surface area (Å²) < 4.78 is 14.2. The molecule has 0 unspecified atom stereocenters. The molecule has 10 nitrogen and oxygen atoms in total. The van der Waals surface area contributed by atoms with E-state index in [1.165, 1.54) is 16.9 Å². The molecule has 2 saturated heterocycles. The van der Waals surface area contributed by atoms with Crippen molar-refractivity contribution in [2.75, 3.05) is 49.6 Å². The van der Waals surface area contributed by atoms with E-state index in [2.05, 4.69) is 33.2 Å². The summed E-state index contributed by atoms with van der Waals surface area (Å²) in [5, 5.41) is 9.98. The van der Waals surface area contributed by atoms with Gasteiger partial charge in [-0.1, -0.05) is 19.1 Å². The van der Waals surface area contributed by atoms with Gasteiger partial charge in [0.2, 0.25) is 11.4 Å². The van der Waals surface area contributed by atoms with E-state index in [-0.39, 0.29) is 5.43 Å². The Hall–Kier alpha value is -4.06. The maximum atomic E-state index is 12.8. The van der Waals surface area contributed by atoms with Crippen molar-refractivity contribution in [3.05, 3.63) is 75.7 Å². The fourth-order valence-electron chi connectivity index (χ4n) is 5.43. The summed E-state index contributed by atoms with van der Waals surface area (Å²) in [5.41, 5.74) is 5.56. The van der Waals surface area contributed by atoms with E-state index in [4.69, 9.17) is 19.2 Å².